The molecule has 0 saturated carbocycles. The summed E-state index contributed by atoms with van der Waals surface area (Å²) in [4.78, 5) is 13.2. The third-order valence-electron chi connectivity index (χ3n) is 3.27. The van der Waals surface area contributed by atoms with Crippen molar-refractivity contribution >= 4 is 5.97 Å². The highest BCUT2D eigenvalue weighted by molar-refractivity contribution is 5.69. The number of hydrogen-bond donors (Lipinski definition) is 2. The topological polar surface area (TPSA) is 61.8 Å². The van der Waals surface area contributed by atoms with Gasteiger partial charge in [0, 0.05) is 33.1 Å². The zero-order valence-corrected chi connectivity index (χ0v) is 11.1. The number of rotatable bonds is 4. The van der Waals surface area contributed by atoms with Crippen molar-refractivity contribution in [2.45, 2.75) is 13.0 Å². The fourth-order valence-electron chi connectivity index (χ4n) is 2.38. The largest absolute Gasteiger partial charge is 0.427 e. The van der Waals surface area contributed by atoms with E-state index in [9.17, 15) is 9.90 Å². The molecule has 104 valence electrons. The quantitative estimate of drug-likeness (QED) is 0.614. The van der Waals surface area contributed by atoms with Crippen molar-refractivity contribution in [1.82, 2.24) is 10.2 Å². The summed E-state index contributed by atoms with van der Waals surface area (Å²) < 4.78 is 5.09. The minimum atomic E-state index is -0.333. The average Bonchev–Trinajstić information content (AvgIpc) is 2.40. The van der Waals surface area contributed by atoms with E-state index in [-0.39, 0.29) is 18.6 Å². The minimum Gasteiger partial charge on any atom is -0.427 e. The molecule has 2 rings (SSSR count). The van der Waals surface area contributed by atoms with Gasteiger partial charge in [-0.25, -0.2) is 0 Å². The van der Waals surface area contributed by atoms with Crippen LogP contribution in [0.4, 0.5) is 0 Å². The van der Waals surface area contributed by atoms with E-state index in [4.69, 9.17) is 4.74 Å². The third-order valence-corrected chi connectivity index (χ3v) is 3.27. The third kappa shape index (κ3) is 3.76. The van der Waals surface area contributed by atoms with Crippen LogP contribution >= 0.6 is 0 Å². The van der Waals surface area contributed by atoms with Gasteiger partial charge in [-0.2, -0.15) is 0 Å². The summed E-state index contributed by atoms with van der Waals surface area (Å²) in [5.41, 5.74) is 0.975. The van der Waals surface area contributed by atoms with Gasteiger partial charge < -0.3 is 15.2 Å². The molecule has 5 heteroatoms. The lowest BCUT2D eigenvalue weighted by molar-refractivity contribution is -0.131. The molecule has 19 heavy (non-hydrogen) atoms. The maximum absolute atomic E-state index is 11.0. The number of aliphatic hydroxyl groups is 1. The Balaban J connectivity index is 2.15. The van der Waals surface area contributed by atoms with Crippen molar-refractivity contribution in [3.63, 3.8) is 0 Å². The van der Waals surface area contributed by atoms with Crippen LogP contribution in [0.1, 0.15) is 18.5 Å². The van der Waals surface area contributed by atoms with E-state index in [1.54, 1.807) is 6.07 Å². The second kappa shape index (κ2) is 6.65. The first kappa shape index (κ1) is 14.0. The zero-order valence-electron chi connectivity index (χ0n) is 11.1. The summed E-state index contributed by atoms with van der Waals surface area (Å²) in [6, 6.07) is 7.33. The molecule has 0 radical (unpaired) electrons. The van der Waals surface area contributed by atoms with Gasteiger partial charge in [0.15, 0.2) is 0 Å². The maximum atomic E-state index is 11.0. The van der Waals surface area contributed by atoms with E-state index in [2.05, 4.69) is 10.2 Å². The van der Waals surface area contributed by atoms with Gasteiger partial charge in [-0.1, -0.05) is 12.1 Å². The first-order chi connectivity index (χ1) is 9.20. The number of carbonyl (C=O) groups excluding carboxylic acids is 1. The van der Waals surface area contributed by atoms with Crippen molar-refractivity contribution < 1.29 is 14.6 Å². The van der Waals surface area contributed by atoms with Crippen LogP contribution in [-0.2, 0) is 4.79 Å². The summed E-state index contributed by atoms with van der Waals surface area (Å²) in [5.74, 6) is 0.193. The fourth-order valence-corrected chi connectivity index (χ4v) is 2.38. The zero-order chi connectivity index (χ0) is 13.7. The molecule has 1 aliphatic heterocycles. The lowest BCUT2D eigenvalue weighted by Crippen LogP contribution is -2.46. The molecule has 5 nitrogen and oxygen atoms in total. The molecular weight excluding hydrogens is 244 g/mol. The van der Waals surface area contributed by atoms with E-state index in [1.165, 1.54) is 6.92 Å². The molecule has 2 N–H and O–H groups in total. The van der Waals surface area contributed by atoms with Crippen molar-refractivity contribution in [2.75, 3.05) is 32.8 Å². The van der Waals surface area contributed by atoms with Gasteiger partial charge in [-0.05, 0) is 17.7 Å². The van der Waals surface area contributed by atoms with Crippen molar-refractivity contribution in [1.29, 1.82) is 0 Å². The molecule has 0 spiro atoms. The second-order valence-electron chi connectivity index (χ2n) is 4.65. The standard InChI is InChI=1S/C14H20N2O3/c1-11(18)19-13-4-2-3-12(9-13)14(10-17)16-7-5-15-6-8-16/h2-4,9,14-15,17H,5-8,10H2,1H3/t14-/m0/s1. The number of piperazine rings is 1. The van der Waals surface area contributed by atoms with E-state index < -0.39 is 0 Å². The number of nitrogens with zero attached hydrogens (tertiary/aromatic N) is 1. The number of aliphatic hydroxyl groups excluding tert-OH is 1. The van der Waals surface area contributed by atoms with Crippen LogP contribution in [0.2, 0.25) is 0 Å². The Hall–Kier alpha value is -1.43. The van der Waals surface area contributed by atoms with E-state index >= 15 is 0 Å². The van der Waals surface area contributed by atoms with Crippen LogP contribution in [0.3, 0.4) is 0 Å². The normalized spacial score (nSPS) is 18.0. The van der Waals surface area contributed by atoms with Crippen LogP contribution in [0.15, 0.2) is 24.3 Å². The molecule has 1 aliphatic rings. The van der Waals surface area contributed by atoms with Crippen LogP contribution < -0.4 is 10.1 Å². The Morgan fingerprint density at radius 1 is 1.47 bits per heavy atom. The molecule has 1 fully saturated rings. The van der Waals surface area contributed by atoms with Crippen LogP contribution in [0.25, 0.3) is 0 Å². The monoisotopic (exact) mass is 264 g/mol. The van der Waals surface area contributed by atoms with E-state index in [0.717, 1.165) is 31.7 Å². The summed E-state index contributed by atoms with van der Waals surface area (Å²) in [6.45, 7) is 5.11. The van der Waals surface area contributed by atoms with Gasteiger partial charge in [0.05, 0.1) is 12.6 Å². The summed E-state index contributed by atoms with van der Waals surface area (Å²) in [6.07, 6.45) is 0. The summed E-state index contributed by atoms with van der Waals surface area (Å²) >= 11 is 0. The smallest absolute Gasteiger partial charge is 0.308 e. The minimum absolute atomic E-state index is 0.0439. The second-order valence-corrected chi connectivity index (χ2v) is 4.65. The van der Waals surface area contributed by atoms with Gasteiger partial charge in [-0.15, -0.1) is 0 Å². The number of esters is 1. The van der Waals surface area contributed by atoms with Gasteiger partial charge in [0.1, 0.15) is 5.75 Å². The first-order valence-electron chi connectivity index (χ1n) is 6.54. The SMILES string of the molecule is CC(=O)Oc1cccc([C@H](CO)N2CCNCC2)c1. The molecular formula is C14H20N2O3. The van der Waals surface area contributed by atoms with Gasteiger partial charge in [-0.3, -0.25) is 9.69 Å². The van der Waals surface area contributed by atoms with Crippen molar-refractivity contribution in [3.8, 4) is 5.75 Å². The Kier molecular flexibility index (Phi) is 4.90. The number of benzene rings is 1. The molecule has 0 aromatic heterocycles. The lowest BCUT2D eigenvalue weighted by Gasteiger charge is -2.34. The van der Waals surface area contributed by atoms with Crippen LogP contribution in [-0.4, -0.2) is 48.8 Å². The predicted molar refractivity (Wildman–Crippen MR) is 72.0 cm³/mol. The molecule has 1 aromatic rings. The summed E-state index contributed by atoms with van der Waals surface area (Å²) in [7, 11) is 0. The maximum Gasteiger partial charge on any atom is 0.308 e. The highest BCUT2D eigenvalue weighted by Gasteiger charge is 2.21. The van der Waals surface area contributed by atoms with Gasteiger partial charge >= 0.3 is 5.97 Å². The Labute approximate surface area is 113 Å². The highest BCUT2D eigenvalue weighted by Crippen LogP contribution is 2.24. The lowest BCUT2D eigenvalue weighted by atomic mass is 10.0. The first-order valence-corrected chi connectivity index (χ1v) is 6.54. The molecule has 0 unspecified atom stereocenters. The molecule has 0 amide bonds. The number of carbonyl (C=O) groups is 1. The molecule has 1 heterocycles. The fraction of sp³-hybridized carbons (Fsp3) is 0.500. The predicted octanol–water partition coefficient (Wildman–Crippen LogP) is 0.550. The molecule has 0 bridgehead atoms. The van der Waals surface area contributed by atoms with Gasteiger partial charge in [0.2, 0.25) is 0 Å². The van der Waals surface area contributed by atoms with Crippen molar-refractivity contribution in [2.24, 2.45) is 0 Å². The number of ether oxygens (including phenoxy) is 1. The summed E-state index contributed by atoms with van der Waals surface area (Å²) in [5, 5.41) is 12.9. The number of nitrogens with one attached hydrogen (secondary N) is 1. The highest BCUT2D eigenvalue weighted by atomic mass is 16.5. The average molecular weight is 264 g/mol. The number of hydrogen-bond acceptors (Lipinski definition) is 5. The van der Waals surface area contributed by atoms with Crippen LogP contribution in [0, 0.1) is 0 Å². The Morgan fingerprint density at radius 3 is 2.84 bits per heavy atom. The van der Waals surface area contributed by atoms with E-state index in [0.29, 0.717) is 5.75 Å². The molecule has 1 aromatic carbocycles. The Morgan fingerprint density at radius 2 is 2.21 bits per heavy atom. The molecule has 1 atom stereocenters. The van der Waals surface area contributed by atoms with Crippen molar-refractivity contribution in [3.05, 3.63) is 29.8 Å². The Bertz CT molecular complexity index is 430. The molecule has 1 saturated heterocycles. The van der Waals surface area contributed by atoms with Gasteiger partial charge in [0.25, 0.3) is 0 Å². The van der Waals surface area contributed by atoms with Crippen LogP contribution in [0.5, 0.6) is 5.75 Å². The molecule has 0 aliphatic carbocycles. The van der Waals surface area contributed by atoms with E-state index in [1.807, 2.05) is 18.2 Å².